The van der Waals surface area contributed by atoms with Crippen molar-refractivity contribution in [1.82, 2.24) is 9.80 Å². The van der Waals surface area contributed by atoms with Crippen LogP contribution in [0.1, 0.15) is 37.9 Å². The molecule has 1 aliphatic heterocycles. The minimum absolute atomic E-state index is 0.445. The van der Waals surface area contributed by atoms with E-state index in [1.165, 1.54) is 11.1 Å². The number of likely N-dealkylation sites (N-methyl/N-ethyl adjacent to an activating group) is 1. The van der Waals surface area contributed by atoms with Crippen LogP contribution in [0.25, 0.3) is 0 Å². The normalized spacial score (nSPS) is 22.7. The Kier molecular flexibility index (Phi) is 5.80. The zero-order valence-electron chi connectivity index (χ0n) is 14.0. The second-order valence-electron chi connectivity index (χ2n) is 6.91. The van der Waals surface area contributed by atoms with Crippen LogP contribution in [0.15, 0.2) is 24.3 Å². The lowest BCUT2D eigenvalue weighted by molar-refractivity contribution is 0.0621. The summed E-state index contributed by atoms with van der Waals surface area (Å²) in [4.78, 5) is 4.95. The second kappa shape index (κ2) is 7.39. The average molecular weight is 289 g/mol. The van der Waals surface area contributed by atoms with Gasteiger partial charge in [0.15, 0.2) is 0 Å². The van der Waals surface area contributed by atoms with E-state index in [-0.39, 0.29) is 0 Å². The lowest BCUT2D eigenvalue weighted by Crippen LogP contribution is -2.55. The molecule has 1 aromatic carbocycles. The zero-order valence-corrected chi connectivity index (χ0v) is 14.0. The van der Waals surface area contributed by atoms with Gasteiger partial charge in [-0.1, -0.05) is 38.1 Å². The van der Waals surface area contributed by atoms with Gasteiger partial charge in [-0.2, -0.15) is 0 Å². The van der Waals surface area contributed by atoms with Crippen LogP contribution in [0.3, 0.4) is 0 Å². The first-order valence-electron chi connectivity index (χ1n) is 8.24. The van der Waals surface area contributed by atoms with Crippen LogP contribution >= 0.6 is 0 Å². The van der Waals surface area contributed by atoms with Gasteiger partial charge < -0.3 is 10.6 Å². The third kappa shape index (κ3) is 4.29. The molecule has 1 aromatic rings. The fourth-order valence-corrected chi connectivity index (χ4v) is 3.34. The molecule has 1 fully saturated rings. The van der Waals surface area contributed by atoms with Gasteiger partial charge in [-0.05, 0) is 37.4 Å². The maximum absolute atomic E-state index is 5.98. The second-order valence-corrected chi connectivity index (χ2v) is 6.91. The molecule has 2 unspecified atom stereocenters. The number of rotatable bonds is 5. The smallest absolute Gasteiger partial charge is 0.0352 e. The van der Waals surface area contributed by atoms with Gasteiger partial charge in [0.2, 0.25) is 0 Å². The van der Waals surface area contributed by atoms with E-state index in [0.717, 1.165) is 32.6 Å². The van der Waals surface area contributed by atoms with Crippen molar-refractivity contribution in [3.05, 3.63) is 35.4 Å². The van der Waals surface area contributed by atoms with Crippen molar-refractivity contribution in [2.24, 2.45) is 11.7 Å². The van der Waals surface area contributed by atoms with Crippen molar-refractivity contribution < 1.29 is 0 Å². The summed E-state index contributed by atoms with van der Waals surface area (Å²) in [7, 11) is 2.19. The predicted octanol–water partition coefficient (Wildman–Crippen LogP) is 2.52. The van der Waals surface area contributed by atoms with Crippen LogP contribution in [0.4, 0.5) is 0 Å². The molecule has 2 N–H and O–H groups in total. The summed E-state index contributed by atoms with van der Waals surface area (Å²) >= 11 is 0. The molecule has 0 aromatic heterocycles. The Morgan fingerprint density at radius 1 is 1.14 bits per heavy atom. The predicted molar refractivity (Wildman–Crippen MR) is 90.4 cm³/mol. The first kappa shape index (κ1) is 16.5. The molecule has 2 atom stereocenters. The van der Waals surface area contributed by atoms with Crippen LogP contribution in [0.5, 0.6) is 0 Å². The summed E-state index contributed by atoms with van der Waals surface area (Å²) in [6.07, 6.45) is 1.16. The van der Waals surface area contributed by atoms with Gasteiger partial charge in [0, 0.05) is 38.3 Å². The molecule has 1 aliphatic rings. The van der Waals surface area contributed by atoms with Gasteiger partial charge >= 0.3 is 0 Å². The van der Waals surface area contributed by atoms with E-state index in [4.69, 9.17) is 5.73 Å². The highest BCUT2D eigenvalue weighted by atomic mass is 15.3. The Bertz CT molecular complexity index is 427. The molecule has 1 saturated heterocycles. The van der Waals surface area contributed by atoms with Crippen LogP contribution in [-0.4, -0.2) is 49.1 Å². The van der Waals surface area contributed by atoms with Crippen LogP contribution in [0.2, 0.25) is 0 Å². The van der Waals surface area contributed by atoms with Gasteiger partial charge in [-0.15, -0.1) is 0 Å². The third-order valence-electron chi connectivity index (χ3n) is 4.61. The standard InChI is InChI=1S/C18H31N3/c1-14(2)11-16-5-7-17(8-6-16)15(3)21-10-9-20(4)13-18(21)12-19/h5-8,14-15,18H,9-13,19H2,1-4H3. The van der Waals surface area contributed by atoms with E-state index in [2.05, 4.69) is 61.9 Å². The minimum Gasteiger partial charge on any atom is -0.329 e. The van der Waals surface area contributed by atoms with E-state index in [0.29, 0.717) is 18.0 Å². The van der Waals surface area contributed by atoms with Gasteiger partial charge in [0.25, 0.3) is 0 Å². The van der Waals surface area contributed by atoms with E-state index < -0.39 is 0 Å². The van der Waals surface area contributed by atoms with Gasteiger partial charge in [-0.25, -0.2) is 0 Å². The van der Waals surface area contributed by atoms with Crippen molar-refractivity contribution in [2.45, 2.75) is 39.3 Å². The maximum Gasteiger partial charge on any atom is 0.0352 e. The van der Waals surface area contributed by atoms with Crippen molar-refractivity contribution in [1.29, 1.82) is 0 Å². The summed E-state index contributed by atoms with van der Waals surface area (Å²) in [5.41, 5.74) is 8.83. The van der Waals surface area contributed by atoms with Crippen molar-refractivity contribution >= 4 is 0 Å². The minimum atomic E-state index is 0.445. The van der Waals surface area contributed by atoms with Crippen LogP contribution in [0, 0.1) is 5.92 Å². The quantitative estimate of drug-likeness (QED) is 0.904. The van der Waals surface area contributed by atoms with Gasteiger partial charge in [0.1, 0.15) is 0 Å². The number of piperazine rings is 1. The van der Waals surface area contributed by atoms with Crippen molar-refractivity contribution in [3.8, 4) is 0 Å². The Hall–Kier alpha value is -0.900. The largest absolute Gasteiger partial charge is 0.329 e. The average Bonchev–Trinajstić information content (AvgIpc) is 2.46. The number of benzene rings is 1. The maximum atomic E-state index is 5.98. The van der Waals surface area contributed by atoms with E-state index >= 15 is 0 Å². The summed E-state index contributed by atoms with van der Waals surface area (Å²) in [6, 6.07) is 10.1. The Morgan fingerprint density at radius 2 is 1.81 bits per heavy atom. The number of nitrogens with zero attached hydrogens (tertiary/aromatic N) is 2. The highest BCUT2D eigenvalue weighted by molar-refractivity contribution is 5.25. The lowest BCUT2D eigenvalue weighted by Gasteiger charge is -2.43. The third-order valence-corrected chi connectivity index (χ3v) is 4.61. The highest BCUT2D eigenvalue weighted by Crippen LogP contribution is 2.25. The highest BCUT2D eigenvalue weighted by Gasteiger charge is 2.28. The topological polar surface area (TPSA) is 32.5 Å². The molecule has 0 bridgehead atoms. The molecule has 0 radical (unpaired) electrons. The summed E-state index contributed by atoms with van der Waals surface area (Å²) in [5.74, 6) is 0.715. The molecular weight excluding hydrogens is 258 g/mol. The first-order chi connectivity index (χ1) is 10.0. The van der Waals surface area contributed by atoms with Gasteiger partial charge in [0.05, 0.1) is 0 Å². The molecule has 118 valence electrons. The molecule has 0 aliphatic carbocycles. The Labute approximate surface area is 130 Å². The van der Waals surface area contributed by atoms with E-state index in [1.807, 2.05) is 0 Å². The number of nitrogens with two attached hydrogens (primary N) is 1. The first-order valence-corrected chi connectivity index (χ1v) is 8.24. The van der Waals surface area contributed by atoms with Crippen molar-refractivity contribution in [3.63, 3.8) is 0 Å². The molecule has 3 nitrogen and oxygen atoms in total. The number of hydrogen-bond donors (Lipinski definition) is 1. The van der Waals surface area contributed by atoms with Crippen molar-refractivity contribution in [2.75, 3.05) is 33.2 Å². The summed E-state index contributed by atoms with van der Waals surface area (Å²) in [5, 5.41) is 0. The fraction of sp³-hybridized carbons (Fsp3) is 0.667. The molecule has 1 heterocycles. The fourth-order valence-electron chi connectivity index (χ4n) is 3.34. The molecule has 21 heavy (non-hydrogen) atoms. The molecule has 0 spiro atoms. The Morgan fingerprint density at radius 3 is 2.38 bits per heavy atom. The molecule has 0 saturated carbocycles. The van der Waals surface area contributed by atoms with Crippen LogP contribution in [-0.2, 0) is 6.42 Å². The zero-order chi connectivity index (χ0) is 15.4. The molecular formula is C18H31N3. The summed E-state index contributed by atoms with van der Waals surface area (Å²) < 4.78 is 0. The Balaban J connectivity index is 2.06. The van der Waals surface area contributed by atoms with E-state index in [1.54, 1.807) is 0 Å². The lowest BCUT2D eigenvalue weighted by atomic mass is 9.98. The number of hydrogen-bond acceptors (Lipinski definition) is 3. The molecule has 3 heteroatoms. The molecule has 2 rings (SSSR count). The monoisotopic (exact) mass is 289 g/mol. The van der Waals surface area contributed by atoms with Gasteiger partial charge in [-0.3, -0.25) is 4.90 Å². The summed E-state index contributed by atoms with van der Waals surface area (Å²) in [6.45, 7) is 10.9. The molecule has 0 amide bonds. The SMILES string of the molecule is CC(C)Cc1ccc(C(C)N2CCN(C)CC2CN)cc1. The van der Waals surface area contributed by atoms with E-state index in [9.17, 15) is 0 Å². The van der Waals surface area contributed by atoms with Crippen LogP contribution < -0.4 is 5.73 Å².